The number of anilines is 1. The van der Waals surface area contributed by atoms with Crippen LogP contribution in [0.15, 0.2) is 60.7 Å². The highest BCUT2D eigenvalue weighted by Gasteiger charge is 2.36. The molecule has 1 fully saturated rings. The molecule has 1 amide bonds. The smallest absolute Gasteiger partial charge is 0.256 e. The number of benzene rings is 2. The summed E-state index contributed by atoms with van der Waals surface area (Å²) >= 11 is 5.34. The Bertz CT molecular complexity index is 854. The molecule has 0 bridgehead atoms. The van der Waals surface area contributed by atoms with Crippen molar-refractivity contribution in [1.29, 1.82) is 0 Å². The van der Waals surface area contributed by atoms with E-state index in [1.54, 1.807) is 4.90 Å². The van der Waals surface area contributed by atoms with E-state index in [0.29, 0.717) is 11.5 Å². The molecule has 2 aromatic carbocycles. The minimum absolute atomic E-state index is 0.0140. The molecule has 2 heterocycles. The number of thiocarbonyl (C=S) groups is 1. The first-order valence-corrected chi connectivity index (χ1v) is 7.89. The molecule has 1 aromatic heterocycles. The zero-order valence-corrected chi connectivity index (χ0v) is 13.1. The third kappa shape index (κ3) is 2.49. The molecule has 1 unspecified atom stereocenters. The fourth-order valence-electron chi connectivity index (χ4n) is 2.95. The van der Waals surface area contributed by atoms with E-state index in [4.69, 9.17) is 12.2 Å². The summed E-state index contributed by atoms with van der Waals surface area (Å²) in [7, 11) is 0. The van der Waals surface area contributed by atoms with Crippen LogP contribution >= 0.6 is 12.2 Å². The quantitative estimate of drug-likeness (QED) is 0.729. The standard InChI is InChI=1S/C18H15N3OS/c22-17-16(11-13-10-12-6-4-5-9-15(12)19-13)20-18(23)21(17)14-7-2-1-3-8-14/h1-10,16,19H,11H2,(H,20,23). The average molecular weight is 321 g/mol. The summed E-state index contributed by atoms with van der Waals surface area (Å²) in [5.74, 6) is -0.0140. The summed E-state index contributed by atoms with van der Waals surface area (Å²) in [6.07, 6.45) is 0.580. The molecular weight excluding hydrogens is 306 g/mol. The van der Waals surface area contributed by atoms with Gasteiger partial charge < -0.3 is 10.3 Å². The second-order valence-corrected chi connectivity index (χ2v) is 5.98. The highest BCUT2D eigenvalue weighted by atomic mass is 32.1. The van der Waals surface area contributed by atoms with Crippen molar-refractivity contribution in [2.24, 2.45) is 0 Å². The zero-order valence-electron chi connectivity index (χ0n) is 12.3. The van der Waals surface area contributed by atoms with E-state index in [2.05, 4.69) is 22.4 Å². The van der Waals surface area contributed by atoms with Crippen molar-refractivity contribution >= 4 is 39.8 Å². The second kappa shape index (κ2) is 5.52. The SMILES string of the molecule is O=C1C(Cc2cc3ccccc3[nH]2)NC(=S)N1c1ccccc1. The number of amides is 1. The van der Waals surface area contributed by atoms with Crippen LogP contribution < -0.4 is 10.2 Å². The van der Waals surface area contributed by atoms with Gasteiger partial charge in [-0.15, -0.1) is 0 Å². The first-order chi connectivity index (χ1) is 11.2. The highest BCUT2D eigenvalue weighted by molar-refractivity contribution is 7.80. The number of H-pyrrole nitrogens is 1. The molecule has 4 rings (SSSR count). The van der Waals surface area contributed by atoms with Crippen LogP contribution in [0, 0.1) is 0 Å². The number of aromatic amines is 1. The summed E-state index contributed by atoms with van der Waals surface area (Å²) < 4.78 is 0. The molecule has 3 aromatic rings. The Balaban J connectivity index is 1.58. The van der Waals surface area contributed by atoms with Gasteiger partial charge in [-0.1, -0.05) is 36.4 Å². The molecule has 2 N–H and O–H groups in total. The van der Waals surface area contributed by atoms with E-state index in [0.717, 1.165) is 22.3 Å². The Hall–Kier alpha value is -2.66. The van der Waals surface area contributed by atoms with Crippen LogP contribution in [0.2, 0.25) is 0 Å². The number of carbonyl (C=O) groups is 1. The molecule has 4 nitrogen and oxygen atoms in total. The maximum absolute atomic E-state index is 12.7. The van der Waals surface area contributed by atoms with Crippen molar-refractivity contribution < 1.29 is 4.79 Å². The van der Waals surface area contributed by atoms with Crippen LogP contribution in [0.1, 0.15) is 5.69 Å². The van der Waals surface area contributed by atoms with Crippen molar-refractivity contribution in [2.45, 2.75) is 12.5 Å². The van der Waals surface area contributed by atoms with Gasteiger partial charge in [0.2, 0.25) is 0 Å². The molecule has 0 aliphatic carbocycles. The van der Waals surface area contributed by atoms with Crippen molar-refractivity contribution in [1.82, 2.24) is 10.3 Å². The van der Waals surface area contributed by atoms with Crippen LogP contribution in [0.25, 0.3) is 10.9 Å². The summed E-state index contributed by atoms with van der Waals surface area (Å²) in [6, 6.07) is 19.3. The predicted molar refractivity (Wildman–Crippen MR) is 95.5 cm³/mol. The number of carbonyl (C=O) groups excluding carboxylic acids is 1. The van der Waals surface area contributed by atoms with Crippen molar-refractivity contribution in [3.8, 4) is 0 Å². The maximum Gasteiger partial charge on any atom is 0.256 e. The highest BCUT2D eigenvalue weighted by Crippen LogP contribution is 2.22. The van der Waals surface area contributed by atoms with E-state index in [9.17, 15) is 4.79 Å². The van der Waals surface area contributed by atoms with Gasteiger partial charge in [0.1, 0.15) is 6.04 Å². The van der Waals surface area contributed by atoms with Crippen LogP contribution in [-0.2, 0) is 11.2 Å². The Kier molecular flexibility index (Phi) is 3.35. The molecule has 1 atom stereocenters. The topological polar surface area (TPSA) is 48.1 Å². The van der Waals surface area contributed by atoms with Crippen LogP contribution in [0.3, 0.4) is 0 Å². The van der Waals surface area contributed by atoms with Gasteiger partial charge in [0, 0.05) is 17.6 Å². The number of nitrogens with one attached hydrogen (secondary N) is 2. The van der Waals surface area contributed by atoms with Gasteiger partial charge in [0.25, 0.3) is 5.91 Å². The van der Waals surface area contributed by atoms with E-state index >= 15 is 0 Å². The number of rotatable bonds is 3. The fourth-order valence-corrected chi connectivity index (χ4v) is 3.29. The Morgan fingerprint density at radius 3 is 2.57 bits per heavy atom. The molecule has 5 heteroatoms. The van der Waals surface area contributed by atoms with Gasteiger partial charge in [0.05, 0.1) is 5.69 Å². The van der Waals surface area contributed by atoms with Crippen molar-refractivity contribution in [3.63, 3.8) is 0 Å². The molecule has 23 heavy (non-hydrogen) atoms. The lowest BCUT2D eigenvalue weighted by molar-refractivity contribution is -0.118. The monoisotopic (exact) mass is 321 g/mol. The summed E-state index contributed by atoms with van der Waals surface area (Å²) in [6.45, 7) is 0. The van der Waals surface area contributed by atoms with Crippen LogP contribution in [0.5, 0.6) is 0 Å². The molecular formula is C18H15N3OS. The third-order valence-corrected chi connectivity index (χ3v) is 4.34. The molecule has 1 saturated heterocycles. The molecule has 1 aliphatic rings. The Morgan fingerprint density at radius 1 is 1.04 bits per heavy atom. The number of nitrogens with zero attached hydrogens (tertiary/aromatic N) is 1. The molecule has 1 aliphatic heterocycles. The van der Waals surface area contributed by atoms with Gasteiger partial charge in [-0.3, -0.25) is 9.69 Å². The number of aromatic nitrogens is 1. The first-order valence-electron chi connectivity index (χ1n) is 7.48. The molecule has 0 radical (unpaired) electrons. The third-order valence-electron chi connectivity index (χ3n) is 4.04. The lowest BCUT2D eigenvalue weighted by Crippen LogP contribution is -2.32. The summed E-state index contributed by atoms with van der Waals surface area (Å²) in [5.41, 5.74) is 2.90. The Morgan fingerprint density at radius 2 is 1.78 bits per heavy atom. The number of para-hydroxylation sites is 2. The first kappa shape index (κ1) is 14.0. The number of hydrogen-bond donors (Lipinski definition) is 2. The van der Waals surface area contributed by atoms with Crippen molar-refractivity contribution in [2.75, 3.05) is 4.90 Å². The van der Waals surface area contributed by atoms with E-state index < -0.39 is 0 Å². The predicted octanol–water partition coefficient (Wildman–Crippen LogP) is 3.00. The Labute approximate surface area is 139 Å². The van der Waals surface area contributed by atoms with E-state index in [1.165, 1.54) is 0 Å². The minimum atomic E-state index is -0.337. The minimum Gasteiger partial charge on any atom is -0.358 e. The number of hydrogen-bond acceptors (Lipinski definition) is 2. The van der Waals surface area contributed by atoms with Crippen LogP contribution in [-0.4, -0.2) is 22.0 Å². The van der Waals surface area contributed by atoms with Crippen LogP contribution in [0.4, 0.5) is 5.69 Å². The largest absolute Gasteiger partial charge is 0.358 e. The van der Waals surface area contributed by atoms with Gasteiger partial charge in [-0.25, -0.2) is 0 Å². The van der Waals surface area contributed by atoms with Gasteiger partial charge in [-0.05, 0) is 41.9 Å². The second-order valence-electron chi connectivity index (χ2n) is 5.60. The number of fused-ring (bicyclic) bond motifs is 1. The van der Waals surface area contributed by atoms with Gasteiger partial charge in [-0.2, -0.15) is 0 Å². The van der Waals surface area contributed by atoms with E-state index in [1.807, 2.05) is 48.5 Å². The lowest BCUT2D eigenvalue weighted by atomic mass is 10.1. The fraction of sp³-hybridized carbons (Fsp3) is 0.111. The average Bonchev–Trinajstić information content (AvgIpc) is 3.09. The molecule has 0 spiro atoms. The molecule has 114 valence electrons. The molecule has 0 saturated carbocycles. The van der Waals surface area contributed by atoms with E-state index in [-0.39, 0.29) is 11.9 Å². The lowest BCUT2D eigenvalue weighted by Gasteiger charge is -2.14. The van der Waals surface area contributed by atoms with Crippen molar-refractivity contribution in [3.05, 3.63) is 66.4 Å². The maximum atomic E-state index is 12.7. The van der Waals surface area contributed by atoms with Gasteiger partial charge >= 0.3 is 0 Å². The van der Waals surface area contributed by atoms with Gasteiger partial charge in [0.15, 0.2) is 5.11 Å². The summed E-state index contributed by atoms with van der Waals surface area (Å²) in [4.78, 5) is 17.6. The normalized spacial score (nSPS) is 17.7. The summed E-state index contributed by atoms with van der Waals surface area (Å²) in [5, 5.41) is 4.74. The zero-order chi connectivity index (χ0) is 15.8.